The Kier molecular flexibility index (Phi) is 4.17. The minimum Gasteiger partial charge on any atom is -0.618 e. The number of hydrogen-bond acceptors (Lipinski definition) is 4. The first-order valence-corrected chi connectivity index (χ1v) is 7.12. The van der Waals surface area contributed by atoms with E-state index in [0.717, 1.165) is 15.4 Å². The largest absolute Gasteiger partial charge is 0.618 e. The SMILES string of the molecule is COc1ccccc1SSc1cccc[n+]1[O-]. The number of para-hydroxylation sites is 1. The summed E-state index contributed by atoms with van der Waals surface area (Å²) in [4.78, 5) is 1.00. The normalized spacial score (nSPS) is 10.2. The first-order chi connectivity index (χ1) is 8.31. The Bertz CT molecular complexity index is 505. The summed E-state index contributed by atoms with van der Waals surface area (Å²) in [6, 6.07) is 13.1. The van der Waals surface area contributed by atoms with Crippen LogP contribution in [0.25, 0.3) is 0 Å². The summed E-state index contributed by atoms with van der Waals surface area (Å²) in [5.74, 6) is 0.818. The average molecular weight is 265 g/mol. The van der Waals surface area contributed by atoms with Gasteiger partial charge >= 0.3 is 0 Å². The lowest BCUT2D eigenvalue weighted by atomic mass is 10.3. The van der Waals surface area contributed by atoms with Crippen molar-refractivity contribution in [3.05, 3.63) is 53.9 Å². The smallest absolute Gasteiger partial charge is 0.262 e. The third-order valence-corrected chi connectivity index (χ3v) is 4.46. The second-order valence-electron chi connectivity index (χ2n) is 3.18. The van der Waals surface area contributed by atoms with Crippen LogP contribution in [0.1, 0.15) is 0 Å². The second-order valence-corrected chi connectivity index (χ2v) is 5.37. The molecule has 1 aromatic heterocycles. The van der Waals surface area contributed by atoms with Gasteiger partial charge in [0.15, 0.2) is 6.20 Å². The van der Waals surface area contributed by atoms with E-state index in [1.54, 1.807) is 19.2 Å². The standard InChI is InChI=1S/C12H11NO2S2/c1-15-10-6-2-3-7-11(10)16-17-12-8-4-5-9-13(12)14/h2-9H,1H3. The molecule has 0 radical (unpaired) electrons. The molecule has 17 heavy (non-hydrogen) atoms. The average Bonchev–Trinajstić information content (AvgIpc) is 2.38. The molecule has 0 aliphatic carbocycles. The molecular weight excluding hydrogens is 254 g/mol. The molecule has 0 saturated carbocycles. The molecule has 0 unspecified atom stereocenters. The van der Waals surface area contributed by atoms with Crippen molar-refractivity contribution in [1.82, 2.24) is 0 Å². The van der Waals surface area contributed by atoms with Crippen LogP contribution in [0, 0.1) is 5.21 Å². The highest BCUT2D eigenvalue weighted by Crippen LogP contribution is 2.40. The topological polar surface area (TPSA) is 36.2 Å². The van der Waals surface area contributed by atoms with E-state index < -0.39 is 0 Å². The molecule has 3 nitrogen and oxygen atoms in total. The van der Waals surface area contributed by atoms with Crippen LogP contribution in [-0.4, -0.2) is 7.11 Å². The fraction of sp³-hybridized carbons (Fsp3) is 0.0833. The zero-order chi connectivity index (χ0) is 12.1. The van der Waals surface area contributed by atoms with Crippen molar-refractivity contribution in [3.8, 4) is 5.75 Å². The highest BCUT2D eigenvalue weighted by Gasteiger charge is 2.08. The minimum absolute atomic E-state index is 0.656. The summed E-state index contributed by atoms with van der Waals surface area (Å²) in [6.07, 6.45) is 1.49. The van der Waals surface area contributed by atoms with Gasteiger partial charge in [-0.3, -0.25) is 0 Å². The number of benzene rings is 1. The van der Waals surface area contributed by atoms with E-state index >= 15 is 0 Å². The summed E-state index contributed by atoms with van der Waals surface area (Å²) in [7, 11) is 4.57. The van der Waals surface area contributed by atoms with Crippen LogP contribution in [0.5, 0.6) is 5.75 Å². The quantitative estimate of drug-likeness (QED) is 0.483. The van der Waals surface area contributed by atoms with Crippen LogP contribution in [0.3, 0.4) is 0 Å². The molecule has 0 atom stereocenters. The van der Waals surface area contributed by atoms with Gasteiger partial charge in [-0.05, 0) is 29.0 Å². The van der Waals surface area contributed by atoms with Gasteiger partial charge in [-0.1, -0.05) is 12.1 Å². The molecule has 0 fully saturated rings. The van der Waals surface area contributed by atoms with E-state index in [9.17, 15) is 5.21 Å². The minimum atomic E-state index is 0.656. The van der Waals surface area contributed by atoms with Gasteiger partial charge in [0.2, 0.25) is 0 Å². The van der Waals surface area contributed by atoms with Crippen molar-refractivity contribution >= 4 is 21.6 Å². The fourth-order valence-electron chi connectivity index (χ4n) is 1.25. The third kappa shape index (κ3) is 3.08. The first kappa shape index (κ1) is 12.1. The lowest BCUT2D eigenvalue weighted by molar-refractivity contribution is -0.645. The maximum absolute atomic E-state index is 11.4. The Labute approximate surface area is 108 Å². The maximum atomic E-state index is 11.4. The highest BCUT2D eigenvalue weighted by atomic mass is 33.1. The number of hydrogen-bond donors (Lipinski definition) is 0. The van der Waals surface area contributed by atoms with E-state index in [1.165, 1.54) is 27.8 Å². The molecule has 1 heterocycles. The molecule has 0 bridgehead atoms. The monoisotopic (exact) mass is 265 g/mol. The molecule has 0 aliphatic heterocycles. The number of aromatic nitrogens is 1. The highest BCUT2D eigenvalue weighted by molar-refractivity contribution is 8.76. The summed E-state index contributed by atoms with van der Waals surface area (Å²) in [6.45, 7) is 0. The Morgan fingerprint density at radius 1 is 1.06 bits per heavy atom. The zero-order valence-electron chi connectivity index (χ0n) is 9.20. The third-order valence-electron chi connectivity index (χ3n) is 2.07. The molecule has 0 aliphatic rings. The predicted octanol–water partition coefficient (Wildman–Crippen LogP) is 3.13. The van der Waals surface area contributed by atoms with Crippen LogP contribution < -0.4 is 9.47 Å². The molecule has 2 aromatic rings. The van der Waals surface area contributed by atoms with Crippen molar-refractivity contribution < 1.29 is 9.47 Å². The second kappa shape index (κ2) is 5.84. The Morgan fingerprint density at radius 3 is 2.59 bits per heavy atom. The van der Waals surface area contributed by atoms with Gasteiger partial charge in [-0.25, -0.2) is 0 Å². The Morgan fingerprint density at radius 2 is 1.82 bits per heavy atom. The first-order valence-electron chi connectivity index (χ1n) is 4.97. The Balaban J connectivity index is 2.10. The molecule has 1 aromatic carbocycles. The number of rotatable bonds is 4. The van der Waals surface area contributed by atoms with Crippen LogP contribution in [-0.2, 0) is 0 Å². The molecule has 0 spiro atoms. The van der Waals surface area contributed by atoms with Crippen LogP contribution in [0.15, 0.2) is 58.6 Å². The van der Waals surface area contributed by atoms with Gasteiger partial charge in [0.05, 0.1) is 12.0 Å². The van der Waals surface area contributed by atoms with E-state index in [-0.39, 0.29) is 0 Å². The van der Waals surface area contributed by atoms with Gasteiger partial charge < -0.3 is 9.94 Å². The van der Waals surface area contributed by atoms with Crippen molar-refractivity contribution in [2.24, 2.45) is 0 Å². The number of ether oxygens (including phenoxy) is 1. The van der Waals surface area contributed by atoms with E-state index in [0.29, 0.717) is 5.03 Å². The van der Waals surface area contributed by atoms with E-state index in [4.69, 9.17) is 4.74 Å². The molecular formula is C12H11NO2S2. The lowest BCUT2D eigenvalue weighted by Crippen LogP contribution is -2.27. The van der Waals surface area contributed by atoms with Crippen molar-refractivity contribution in [3.63, 3.8) is 0 Å². The van der Waals surface area contributed by atoms with Gasteiger partial charge in [0.1, 0.15) is 5.75 Å². The zero-order valence-corrected chi connectivity index (χ0v) is 10.8. The van der Waals surface area contributed by atoms with Gasteiger partial charge in [-0.15, -0.1) is 0 Å². The summed E-state index contributed by atoms with van der Waals surface area (Å²) < 4.78 is 6.10. The van der Waals surface area contributed by atoms with Crippen LogP contribution >= 0.6 is 21.6 Å². The fourth-order valence-corrected chi connectivity index (χ4v) is 3.39. The Hall–Kier alpha value is -1.33. The van der Waals surface area contributed by atoms with Gasteiger partial charge in [0, 0.05) is 22.9 Å². The summed E-state index contributed by atoms with van der Waals surface area (Å²) >= 11 is 0. The van der Waals surface area contributed by atoms with Gasteiger partial charge in [-0.2, -0.15) is 4.73 Å². The number of methoxy groups -OCH3 is 1. The summed E-state index contributed by atoms with van der Waals surface area (Å²) in [5.41, 5.74) is 0. The van der Waals surface area contributed by atoms with E-state index in [2.05, 4.69) is 0 Å². The molecule has 2 rings (SSSR count). The molecule has 0 amide bonds. The summed E-state index contributed by atoms with van der Waals surface area (Å²) in [5, 5.41) is 12.1. The molecule has 88 valence electrons. The molecule has 0 saturated heterocycles. The van der Waals surface area contributed by atoms with Crippen molar-refractivity contribution in [1.29, 1.82) is 0 Å². The number of nitrogens with zero attached hydrogens (tertiary/aromatic N) is 1. The molecule has 0 N–H and O–H groups in total. The van der Waals surface area contributed by atoms with Crippen LogP contribution in [0.2, 0.25) is 0 Å². The number of pyridine rings is 1. The van der Waals surface area contributed by atoms with Crippen LogP contribution in [0.4, 0.5) is 0 Å². The van der Waals surface area contributed by atoms with Crippen molar-refractivity contribution in [2.75, 3.05) is 7.11 Å². The van der Waals surface area contributed by atoms with Gasteiger partial charge in [0.25, 0.3) is 5.03 Å². The van der Waals surface area contributed by atoms with E-state index in [1.807, 2.05) is 30.3 Å². The molecule has 5 heteroatoms. The lowest BCUT2D eigenvalue weighted by Gasteiger charge is -2.06. The predicted molar refractivity (Wildman–Crippen MR) is 70.1 cm³/mol. The van der Waals surface area contributed by atoms with Crippen molar-refractivity contribution in [2.45, 2.75) is 9.92 Å². The maximum Gasteiger partial charge on any atom is 0.262 e.